The van der Waals surface area contributed by atoms with E-state index in [2.05, 4.69) is 33.7 Å². The maximum atomic E-state index is 12.0. The number of ketones is 1. The molecular weight excluding hydrogens is 488 g/mol. The van der Waals surface area contributed by atoms with Crippen LogP contribution >= 0.6 is 0 Å². The first-order valence-corrected chi connectivity index (χ1v) is 14.1. The predicted molar refractivity (Wildman–Crippen MR) is 149 cm³/mol. The summed E-state index contributed by atoms with van der Waals surface area (Å²) in [6.45, 7) is 6.61. The van der Waals surface area contributed by atoms with E-state index in [0.29, 0.717) is 18.4 Å². The number of fused-ring (bicyclic) bond motifs is 2. The lowest BCUT2D eigenvalue weighted by Crippen LogP contribution is -2.37. The quantitative estimate of drug-likeness (QED) is 0.283. The molecule has 0 spiro atoms. The lowest BCUT2D eigenvalue weighted by molar-refractivity contribution is -0.0592. The maximum Gasteiger partial charge on any atom is 0.213 e. The minimum Gasteiger partial charge on any atom is -0.473 e. The van der Waals surface area contributed by atoms with Crippen LogP contribution in [0.5, 0.6) is 5.88 Å². The third-order valence-corrected chi connectivity index (χ3v) is 8.83. The normalized spacial score (nSPS) is 24.2. The summed E-state index contributed by atoms with van der Waals surface area (Å²) in [6.07, 6.45) is 3.56. The highest BCUT2D eigenvalue weighted by Crippen LogP contribution is 2.58. The first kappa shape index (κ1) is 24.5. The van der Waals surface area contributed by atoms with Gasteiger partial charge in [0.25, 0.3) is 0 Å². The average Bonchev–Trinajstić information content (AvgIpc) is 3.58. The molecule has 200 valence electrons. The number of nitrogens with zero attached hydrogens (tertiary/aromatic N) is 4. The van der Waals surface area contributed by atoms with E-state index in [9.17, 15) is 4.79 Å². The molecule has 3 fully saturated rings. The molecular formula is C32H34N4O3. The summed E-state index contributed by atoms with van der Waals surface area (Å²) in [7, 11) is 0. The number of Topliss-reactive ketones (excluding diaryl/α,β-unsaturated/α-hetero) is 1. The van der Waals surface area contributed by atoms with Crippen molar-refractivity contribution in [2.24, 2.45) is 5.92 Å². The van der Waals surface area contributed by atoms with Gasteiger partial charge in [-0.05, 0) is 68.5 Å². The lowest BCUT2D eigenvalue weighted by Gasteiger charge is -2.32. The van der Waals surface area contributed by atoms with E-state index >= 15 is 0 Å². The number of carbonyl (C=O) groups excluding carboxylic acids is 1. The molecule has 2 aromatic heterocycles. The molecule has 0 bridgehead atoms. The Morgan fingerprint density at radius 2 is 1.97 bits per heavy atom. The van der Waals surface area contributed by atoms with Crippen molar-refractivity contribution >= 4 is 16.8 Å². The second-order valence-electron chi connectivity index (χ2n) is 11.4. The van der Waals surface area contributed by atoms with E-state index in [1.807, 2.05) is 42.5 Å². The smallest absolute Gasteiger partial charge is 0.213 e. The van der Waals surface area contributed by atoms with Gasteiger partial charge >= 0.3 is 0 Å². The van der Waals surface area contributed by atoms with Gasteiger partial charge in [0.15, 0.2) is 5.78 Å². The lowest BCUT2D eigenvalue weighted by atomic mass is 9.91. The first-order valence-electron chi connectivity index (χ1n) is 14.1. The van der Waals surface area contributed by atoms with Crippen LogP contribution in [0.1, 0.15) is 53.6 Å². The Kier molecular flexibility index (Phi) is 6.21. The van der Waals surface area contributed by atoms with Crippen LogP contribution in [0.4, 0.5) is 0 Å². The van der Waals surface area contributed by atoms with Crippen molar-refractivity contribution in [3.63, 3.8) is 0 Å². The average molecular weight is 523 g/mol. The number of piperidine rings is 1. The topological polar surface area (TPSA) is 69.5 Å². The van der Waals surface area contributed by atoms with Crippen molar-refractivity contribution in [3.05, 3.63) is 89.4 Å². The van der Waals surface area contributed by atoms with Gasteiger partial charge in [0.05, 0.1) is 35.9 Å². The molecule has 4 aromatic rings. The number of hydrogen-bond acceptors (Lipinski definition) is 6. The largest absolute Gasteiger partial charge is 0.473 e. The second-order valence-corrected chi connectivity index (χ2v) is 11.4. The van der Waals surface area contributed by atoms with Crippen molar-refractivity contribution in [1.29, 1.82) is 0 Å². The van der Waals surface area contributed by atoms with Crippen LogP contribution in [0.3, 0.4) is 0 Å². The zero-order chi connectivity index (χ0) is 26.4. The van der Waals surface area contributed by atoms with Crippen LogP contribution < -0.4 is 4.74 Å². The summed E-state index contributed by atoms with van der Waals surface area (Å²) >= 11 is 0. The molecule has 0 unspecified atom stereocenters. The summed E-state index contributed by atoms with van der Waals surface area (Å²) in [5.41, 5.74) is 5.19. The molecule has 2 saturated heterocycles. The zero-order valence-corrected chi connectivity index (χ0v) is 22.4. The van der Waals surface area contributed by atoms with Crippen LogP contribution in [0.15, 0.2) is 66.7 Å². The molecule has 0 amide bonds. The monoisotopic (exact) mass is 522 g/mol. The summed E-state index contributed by atoms with van der Waals surface area (Å²) in [4.78, 5) is 24.6. The Balaban J connectivity index is 1.06. The van der Waals surface area contributed by atoms with Crippen LogP contribution in [-0.2, 0) is 29.8 Å². The van der Waals surface area contributed by atoms with Gasteiger partial charge in [-0.25, -0.2) is 9.97 Å². The maximum absolute atomic E-state index is 12.0. The van der Waals surface area contributed by atoms with Gasteiger partial charge < -0.3 is 14.0 Å². The summed E-state index contributed by atoms with van der Waals surface area (Å²) in [5.74, 6) is 2.44. The van der Waals surface area contributed by atoms with Crippen LogP contribution in [0.25, 0.3) is 11.0 Å². The Hall–Kier alpha value is -3.55. The number of carbonyl (C=O) groups is 1. The molecule has 0 radical (unpaired) electrons. The number of benzene rings is 2. The van der Waals surface area contributed by atoms with Gasteiger partial charge in [-0.15, -0.1) is 0 Å². The van der Waals surface area contributed by atoms with Gasteiger partial charge in [0, 0.05) is 30.2 Å². The highest BCUT2D eigenvalue weighted by Gasteiger charge is 2.58. The van der Waals surface area contributed by atoms with Gasteiger partial charge in [-0.3, -0.25) is 9.69 Å². The number of rotatable bonds is 9. The van der Waals surface area contributed by atoms with Crippen molar-refractivity contribution in [2.75, 3.05) is 19.7 Å². The van der Waals surface area contributed by atoms with E-state index < -0.39 is 0 Å². The summed E-state index contributed by atoms with van der Waals surface area (Å²) in [6, 6.07) is 22.3. The van der Waals surface area contributed by atoms with Crippen LogP contribution in [0.2, 0.25) is 0 Å². The Labute approximate surface area is 228 Å². The van der Waals surface area contributed by atoms with Crippen molar-refractivity contribution in [2.45, 2.75) is 57.4 Å². The molecule has 7 heteroatoms. The Morgan fingerprint density at radius 3 is 2.74 bits per heavy atom. The van der Waals surface area contributed by atoms with Crippen molar-refractivity contribution in [3.8, 4) is 5.88 Å². The second kappa shape index (κ2) is 9.88. The number of likely N-dealkylation sites (tertiary alicyclic amines) is 1. The number of hydrogen-bond donors (Lipinski definition) is 0. The molecule has 3 atom stereocenters. The van der Waals surface area contributed by atoms with Gasteiger partial charge in [0.2, 0.25) is 5.88 Å². The van der Waals surface area contributed by atoms with E-state index in [1.165, 1.54) is 12.1 Å². The van der Waals surface area contributed by atoms with Gasteiger partial charge in [0.1, 0.15) is 12.4 Å². The molecule has 7 rings (SSSR count). The number of ether oxygens (including phenoxy) is 2. The summed E-state index contributed by atoms with van der Waals surface area (Å²) in [5, 5.41) is 0. The SMILES string of the molecule is CC(=O)c1ccc2nc(CN3CC[C@@]4(c5cccc(OCc6ccccc6)n5)C[C@H]4C3)n(C[C@@H]3CCO3)c2c1. The van der Waals surface area contributed by atoms with E-state index in [4.69, 9.17) is 19.4 Å². The van der Waals surface area contributed by atoms with Gasteiger partial charge in [-0.2, -0.15) is 0 Å². The predicted octanol–water partition coefficient (Wildman–Crippen LogP) is 5.17. The third-order valence-electron chi connectivity index (χ3n) is 8.83. The number of aromatic nitrogens is 3. The molecule has 2 aromatic carbocycles. The molecule has 1 saturated carbocycles. The fourth-order valence-corrected chi connectivity index (χ4v) is 6.32. The Bertz CT molecular complexity index is 1510. The Morgan fingerprint density at radius 1 is 1.10 bits per heavy atom. The standard InChI is InChI=1S/C32H34N4O3/c1-22(37)24-10-11-27-28(16-24)36(19-26-12-15-38-26)30(33-27)20-35-14-13-32(17-25(32)18-35)29-8-5-9-31(34-29)39-21-23-6-3-2-4-7-23/h2-11,16,25-26H,12-15,17-21H2,1H3/t25-,26-,32+/m0/s1. The van der Waals surface area contributed by atoms with E-state index in [-0.39, 0.29) is 17.3 Å². The molecule has 2 aliphatic heterocycles. The van der Waals surface area contributed by atoms with Crippen LogP contribution in [-0.4, -0.2) is 51.0 Å². The van der Waals surface area contributed by atoms with Gasteiger partial charge in [-0.1, -0.05) is 36.4 Å². The molecule has 4 heterocycles. The molecule has 39 heavy (non-hydrogen) atoms. The van der Waals surface area contributed by atoms with Crippen molar-refractivity contribution in [1.82, 2.24) is 19.4 Å². The molecule has 3 aliphatic rings. The summed E-state index contributed by atoms with van der Waals surface area (Å²) < 4.78 is 14.1. The number of imidazole rings is 1. The number of pyridine rings is 1. The fraction of sp³-hybridized carbons (Fsp3) is 0.406. The first-order chi connectivity index (χ1) is 19.1. The van der Waals surface area contributed by atoms with E-state index in [1.54, 1.807) is 6.92 Å². The third kappa shape index (κ3) is 4.74. The fourth-order valence-electron chi connectivity index (χ4n) is 6.32. The minimum absolute atomic E-state index is 0.0790. The molecule has 7 nitrogen and oxygen atoms in total. The highest BCUT2D eigenvalue weighted by atomic mass is 16.5. The van der Waals surface area contributed by atoms with Crippen molar-refractivity contribution < 1.29 is 14.3 Å². The zero-order valence-electron chi connectivity index (χ0n) is 22.4. The highest BCUT2D eigenvalue weighted by molar-refractivity contribution is 5.97. The molecule has 0 N–H and O–H groups in total. The van der Waals surface area contributed by atoms with Crippen LogP contribution in [0, 0.1) is 5.92 Å². The van der Waals surface area contributed by atoms with E-state index in [0.717, 1.165) is 73.6 Å². The minimum atomic E-state index is 0.0790. The molecule has 1 aliphatic carbocycles.